The smallest absolute Gasteiger partial charge is 0.350 e. The normalized spacial score (nSPS) is 14.8. The van der Waals surface area contributed by atoms with Gasteiger partial charge < -0.3 is 5.32 Å². The molecule has 40 heavy (non-hydrogen) atoms. The fourth-order valence-corrected chi connectivity index (χ4v) is 6.37. The third-order valence-electron chi connectivity index (χ3n) is 6.69. The standard InChI is InChI=1S/C30H22F3N3O3S/c31-30(32,33)25-9-4-8-23(16-25)22-11-13-26(14-12-22)40(38,39)36-27-10-2-1-7-24(27)17-28(36)29(37)35-19-21-6-3-5-20(15-21)18-34/h1-16,28H,17,19H2,(H,35,37)/t28-/m0/s1. The molecule has 0 unspecified atom stereocenters. The molecule has 1 aliphatic rings. The van der Waals surface area contributed by atoms with Crippen LogP contribution in [0.25, 0.3) is 11.1 Å². The lowest BCUT2D eigenvalue weighted by molar-refractivity contribution is -0.137. The van der Waals surface area contributed by atoms with E-state index in [-0.39, 0.29) is 17.9 Å². The van der Waals surface area contributed by atoms with Gasteiger partial charge in [0.25, 0.3) is 10.0 Å². The van der Waals surface area contributed by atoms with Gasteiger partial charge in [-0.25, -0.2) is 8.42 Å². The highest BCUT2D eigenvalue weighted by molar-refractivity contribution is 7.93. The summed E-state index contributed by atoms with van der Waals surface area (Å²) in [4.78, 5) is 13.2. The van der Waals surface area contributed by atoms with E-state index in [2.05, 4.69) is 5.32 Å². The summed E-state index contributed by atoms with van der Waals surface area (Å²) in [6.07, 6.45) is -4.33. The number of carbonyl (C=O) groups is 1. The average molecular weight is 562 g/mol. The zero-order valence-electron chi connectivity index (χ0n) is 20.9. The first-order chi connectivity index (χ1) is 19.1. The van der Waals surface area contributed by atoms with E-state index >= 15 is 0 Å². The van der Waals surface area contributed by atoms with E-state index in [0.29, 0.717) is 33.5 Å². The third-order valence-corrected chi connectivity index (χ3v) is 8.52. The molecule has 1 N–H and O–H groups in total. The maximum absolute atomic E-state index is 13.9. The molecule has 202 valence electrons. The van der Waals surface area contributed by atoms with Crippen molar-refractivity contribution in [1.82, 2.24) is 5.32 Å². The number of fused-ring (bicyclic) bond motifs is 1. The van der Waals surface area contributed by atoms with Crippen molar-refractivity contribution in [3.05, 3.63) is 119 Å². The van der Waals surface area contributed by atoms with E-state index in [4.69, 9.17) is 5.26 Å². The predicted octanol–water partition coefficient (Wildman–Crippen LogP) is 5.68. The summed E-state index contributed by atoms with van der Waals surface area (Å²) in [5.74, 6) is -0.497. The molecule has 5 rings (SSSR count). The summed E-state index contributed by atoms with van der Waals surface area (Å²) < 4.78 is 68.3. The monoisotopic (exact) mass is 561 g/mol. The van der Waals surface area contributed by atoms with E-state index in [1.165, 1.54) is 36.4 Å². The van der Waals surface area contributed by atoms with Crippen LogP contribution in [0.5, 0.6) is 0 Å². The average Bonchev–Trinajstić information content (AvgIpc) is 3.36. The van der Waals surface area contributed by atoms with Crippen LogP contribution in [0.2, 0.25) is 0 Å². The number of nitriles is 1. The van der Waals surface area contributed by atoms with Crippen molar-refractivity contribution in [2.45, 2.75) is 30.1 Å². The van der Waals surface area contributed by atoms with Crippen LogP contribution in [0.15, 0.2) is 102 Å². The number of para-hydroxylation sites is 1. The van der Waals surface area contributed by atoms with Crippen molar-refractivity contribution in [2.75, 3.05) is 4.31 Å². The Labute approximate surface area is 229 Å². The van der Waals surface area contributed by atoms with Crippen molar-refractivity contribution >= 4 is 21.6 Å². The molecule has 10 heteroatoms. The zero-order valence-corrected chi connectivity index (χ0v) is 21.7. The Kier molecular flexibility index (Phi) is 7.08. The molecule has 4 aromatic rings. The van der Waals surface area contributed by atoms with Crippen molar-refractivity contribution in [2.24, 2.45) is 0 Å². The van der Waals surface area contributed by atoms with Crippen molar-refractivity contribution in [3.63, 3.8) is 0 Å². The number of alkyl halides is 3. The lowest BCUT2D eigenvalue weighted by atomic mass is 10.0. The third kappa shape index (κ3) is 5.28. The molecule has 0 bridgehead atoms. The quantitative estimate of drug-likeness (QED) is 0.328. The van der Waals surface area contributed by atoms with E-state index in [1.54, 1.807) is 48.5 Å². The van der Waals surface area contributed by atoms with Gasteiger partial charge in [-0.15, -0.1) is 0 Å². The topological polar surface area (TPSA) is 90.3 Å². The number of nitrogens with zero attached hydrogens (tertiary/aromatic N) is 2. The van der Waals surface area contributed by atoms with Crippen LogP contribution in [0.1, 0.15) is 22.3 Å². The summed E-state index contributed by atoms with van der Waals surface area (Å²) in [5, 5.41) is 11.9. The van der Waals surface area contributed by atoms with Crippen molar-refractivity contribution in [1.29, 1.82) is 5.26 Å². The van der Waals surface area contributed by atoms with Crippen LogP contribution >= 0.6 is 0 Å². The van der Waals surface area contributed by atoms with Gasteiger partial charge in [-0.1, -0.05) is 54.6 Å². The second kappa shape index (κ2) is 10.5. The molecule has 0 aliphatic carbocycles. The molecule has 0 aromatic heterocycles. The number of rotatable bonds is 6. The number of hydrogen-bond donors (Lipinski definition) is 1. The summed E-state index contributed by atoms with van der Waals surface area (Å²) in [7, 11) is -4.22. The number of amides is 1. The number of halogens is 3. The first-order valence-corrected chi connectivity index (χ1v) is 13.7. The zero-order chi connectivity index (χ0) is 28.5. The molecule has 6 nitrogen and oxygen atoms in total. The maximum Gasteiger partial charge on any atom is 0.416 e. The Balaban J connectivity index is 1.43. The molecular formula is C30H22F3N3O3S. The molecule has 0 fully saturated rings. The number of nitrogens with one attached hydrogen (secondary N) is 1. The van der Waals surface area contributed by atoms with Gasteiger partial charge in [0.2, 0.25) is 5.91 Å². The van der Waals surface area contributed by atoms with Crippen LogP contribution in [0.4, 0.5) is 18.9 Å². The molecule has 0 saturated heterocycles. The lowest BCUT2D eigenvalue weighted by Crippen LogP contribution is -2.47. The summed E-state index contributed by atoms with van der Waals surface area (Å²) >= 11 is 0. The van der Waals surface area contributed by atoms with E-state index in [1.807, 2.05) is 6.07 Å². The first kappa shape index (κ1) is 27.0. The molecule has 1 heterocycles. The summed E-state index contributed by atoms with van der Waals surface area (Å²) in [5.41, 5.74) is 2.13. The predicted molar refractivity (Wildman–Crippen MR) is 143 cm³/mol. The summed E-state index contributed by atoms with van der Waals surface area (Å²) in [6.45, 7) is 0.112. The second-order valence-corrected chi connectivity index (χ2v) is 11.1. The number of carbonyl (C=O) groups excluding carboxylic acids is 1. The first-order valence-electron chi connectivity index (χ1n) is 12.2. The Morgan fingerprint density at radius 3 is 2.38 bits per heavy atom. The fourth-order valence-electron chi connectivity index (χ4n) is 4.72. The van der Waals surface area contributed by atoms with Gasteiger partial charge in [0.1, 0.15) is 6.04 Å². The van der Waals surface area contributed by atoms with Crippen LogP contribution in [-0.4, -0.2) is 20.4 Å². The van der Waals surface area contributed by atoms with Gasteiger partial charge in [0.15, 0.2) is 0 Å². The van der Waals surface area contributed by atoms with Gasteiger partial charge in [0.05, 0.1) is 27.8 Å². The number of sulfonamides is 1. The van der Waals surface area contributed by atoms with Crippen LogP contribution < -0.4 is 9.62 Å². The molecule has 0 radical (unpaired) electrons. The fraction of sp³-hybridized carbons (Fsp3) is 0.133. The number of hydrogen-bond acceptors (Lipinski definition) is 4. The molecule has 0 saturated carbocycles. The highest BCUT2D eigenvalue weighted by Gasteiger charge is 2.42. The number of anilines is 1. The Morgan fingerprint density at radius 1 is 0.925 bits per heavy atom. The van der Waals surface area contributed by atoms with Gasteiger partial charge >= 0.3 is 6.18 Å². The van der Waals surface area contributed by atoms with E-state index < -0.39 is 33.7 Å². The highest BCUT2D eigenvalue weighted by Crippen LogP contribution is 2.38. The molecule has 1 atom stereocenters. The van der Waals surface area contributed by atoms with E-state index in [0.717, 1.165) is 16.4 Å². The Hall–Kier alpha value is -4.62. The SMILES string of the molecule is N#Cc1cccc(CNC(=O)[C@@H]2Cc3ccccc3N2S(=O)(=O)c2ccc(-c3cccc(C(F)(F)F)c3)cc2)c1. The Morgan fingerprint density at radius 2 is 1.65 bits per heavy atom. The van der Waals surface area contributed by atoms with Crippen LogP contribution in [0, 0.1) is 11.3 Å². The highest BCUT2D eigenvalue weighted by atomic mass is 32.2. The minimum absolute atomic E-state index is 0.0977. The molecule has 4 aromatic carbocycles. The minimum Gasteiger partial charge on any atom is -0.350 e. The van der Waals surface area contributed by atoms with Gasteiger partial charge in [0, 0.05) is 13.0 Å². The second-order valence-electron chi connectivity index (χ2n) is 9.28. The number of benzene rings is 4. The minimum atomic E-state index is -4.50. The van der Waals surface area contributed by atoms with Gasteiger partial charge in [-0.2, -0.15) is 18.4 Å². The molecule has 1 aliphatic heterocycles. The van der Waals surface area contributed by atoms with Crippen LogP contribution in [-0.2, 0) is 34.0 Å². The van der Waals surface area contributed by atoms with Gasteiger partial charge in [-0.05, 0) is 64.7 Å². The largest absolute Gasteiger partial charge is 0.416 e. The lowest BCUT2D eigenvalue weighted by Gasteiger charge is -2.26. The molecule has 1 amide bonds. The summed E-state index contributed by atoms with van der Waals surface area (Å²) in [6, 6.07) is 24.9. The molecular weight excluding hydrogens is 539 g/mol. The van der Waals surface area contributed by atoms with E-state index in [9.17, 15) is 26.4 Å². The Bertz CT molecular complexity index is 1730. The van der Waals surface area contributed by atoms with Crippen molar-refractivity contribution in [3.8, 4) is 17.2 Å². The molecule has 0 spiro atoms. The maximum atomic E-state index is 13.9. The van der Waals surface area contributed by atoms with Gasteiger partial charge in [-0.3, -0.25) is 9.10 Å². The van der Waals surface area contributed by atoms with Crippen molar-refractivity contribution < 1.29 is 26.4 Å². The van der Waals surface area contributed by atoms with Crippen LogP contribution in [0.3, 0.4) is 0 Å².